The fourth-order valence-corrected chi connectivity index (χ4v) is 4.23. The molecule has 2 saturated heterocycles. The summed E-state index contributed by atoms with van der Waals surface area (Å²) in [5.74, 6) is 0. The van der Waals surface area contributed by atoms with E-state index in [1.807, 2.05) is 11.3 Å². The molecule has 4 heteroatoms. The number of piperazine rings is 1. The third-order valence-corrected chi connectivity index (χ3v) is 5.84. The van der Waals surface area contributed by atoms with Gasteiger partial charge in [-0.15, -0.1) is 11.3 Å². The van der Waals surface area contributed by atoms with E-state index in [1.54, 1.807) is 0 Å². The SMILES string of the molecule is CC(C)(N1CCNCC1)C1(c2cccs2)COC1. The second kappa shape index (κ2) is 4.60. The van der Waals surface area contributed by atoms with E-state index < -0.39 is 0 Å². The lowest BCUT2D eigenvalue weighted by Crippen LogP contribution is -2.69. The molecule has 0 saturated carbocycles. The van der Waals surface area contributed by atoms with Crippen LogP contribution in [0.1, 0.15) is 18.7 Å². The van der Waals surface area contributed by atoms with Crippen LogP contribution in [0.4, 0.5) is 0 Å². The van der Waals surface area contributed by atoms with Gasteiger partial charge in [-0.05, 0) is 25.3 Å². The Balaban J connectivity index is 1.90. The van der Waals surface area contributed by atoms with Crippen LogP contribution in [-0.4, -0.2) is 49.8 Å². The third kappa shape index (κ3) is 1.74. The smallest absolute Gasteiger partial charge is 0.0692 e. The number of ether oxygens (including phenoxy) is 1. The van der Waals surface area contributed by atoms with Crippen LogP contribution >= 0.6 is 11.3 Å². The summed E-state index contributed by atoms with van der Waals surface area (Å²) in [5, 5.41) is 5.62. The van der Waals surface area contributed by atoms with Crippen molar-refractivity contribution in [2.45, 2.75) is 24.8 Å². The van der Waals surface area contributed by atoms with Gasteiger partial charge in [-0.1, -0.05) is 6.07 Å². The number of nitrogens with one attached hydrogen (secondary N) is 1. The molecule has 0 radical (unpaired) electrons. The van der Waals surface area contributed by atoms with Crippen molar-refractivity contribution >= 4 is 11.3 Å². The predicted octanol–water partition coefficient (Wildman–Crippen LogP) is 1.70. The molecular weight excluding hydrogens is 244 g/mol. The first-order valence-electron chi connectivity index (χ1n) is 6.74. The van der Waals surface area contributed by atoms with E-state index in [0.29, 0.717) is 0 Å². The Kier molecular flexibility index (Phi) is 3.22. The third-order valence-electron chi connectivity index (χ3n) is 4.77. The maximum Gasteiger partial charge on any atom is 0.0692 e. The molecule has 100 valence electrons. The Morgan fingerprint density at radius 2 is 2.06 bits per heavy atom. The van der Waals surface area contributed by atoms with Crippen molar-refractivity contribution < 1.29 is 4.74 Å². The van der Waals surface area contributed by atoms with E-state index in [-0.39, 0.29) is 11.0 Å². The number of nitrogens with zero attached hydrogens (tertiary/aromatic N) is 1. The molecule has 0 aliphatic carbocycles. The van der Waals surface area contributed by atoms with Crippen molar-refractivity contribution in [3.05, 3.63) is 22.4 Å². The highest BCUT2D eigenvalue weighted by molar-refractivity contribution is 7.10. The maximum atomic E-state index is 5.60. The minimum absolute atomic E-state index is 0.165. The minimum atomic E-state index is 0.165. The molecule has 1 N–H and O–H groups in total. The summed E-state index contributed by atoms with van der Waals surface area (Å²) in [6.07, 6.45) is 0. The highest BCUT2D eigenvalue weighted by Crippen LogP contribution is 2.46. The fourth-order valence-electron chi connectivity index (χ4n) is 3.18. The lowest BCUT2D eigenvalue weighted by molar-refractivity contribution is -0.134. The molecule has 1 aromatic heterocycles. The van der Waals surface area contributed by atoms with Crippen LogP contribution in [0.5, 0.6) is 0 Å². The van der Waals surface area contributed by atoms with Gasteiger partial charge in [0.25, 0.3) is 0 Å². The zero-order valence-electron chi connectivity index (χ0n) is 11.2. The van der Waals surface area contributed by atoms with Crippen molar-refractivity contribution in [2.75, 3.05) is 39.4 Å². The maximum absolute atomic E-state index is 5.60. The lowest BCUT2D eigenvalue weighted by atomic mass is 9.67. The summed E-state index contributed by atoms with van der Waals surface area (Å²) >= 11 is 1.87. The monoisotopic (exact) mass is 266 g/mol. The van der Waals surface area contributed by atoms with Gasteiger partial charge in [-0.3, -0.25) is 4.90 Å². The van der Waals surface area contributed by atoms with Crippen molar-refractivity contribution in [3.8, 4) is 0 Å². The van der Waals surface area contributed by atoms with Crippen LogP contribution in [0, 0.1) is 0 Å². The molecule has 3 nitrogen and oxygen atoms in total. The van der Waals surface area contributed by atoms with Crippen molar-refractivity contribution in [2.24, 2.45) is 0 Å². The number of hydrogen-bond donors (Lipinski definition) is 1. The normalized spacial score (nSPS) is 24.8. The summed E-state index contributed by atoms with van der Waals surface area (Å²) in [7, 11) is 0. The van der Waals surface area contributed by atoms with Gasteiger partial charge in [0.15, 0.2) is 0 Å². The predicted molar refractivity (Wildman–Crippen MR) is 75.3 cm³/mol. The number of thiophene rings is 1. The quantitative estimate of drug-likeness (QED) is 0.901. The van der Waals surface area contributed by atoms with Crippen molar-refractivity contribution in [3.63, 3.8) is 0 Å². The van der Waals surface area contributed by atoms with Crippen LogP contribution in [0.25, 0.3) is 0 Å². The summed E-state index contributed by atoms with van der Waals surface area (Å²) in [6.45, 7) is 11.0. The molecule has 2 aliphatic heterocycles. The van der Waals surface area contributed by atoms with Gasteiger partial charge in [0.05, 0.1) is 18.6 Å². The molecule has 18 heavy (non-hydrogen) atoms. The summed E-state index contributed by atoms with van der Waals surface area (Å²) in [4.78, 5) is 4.11. The molecule has 3 rings (SSSR count). The van der Waals surface area contributed by atoms with Crippen molar-refractivity contribution in [1.82, 2.24) is 10.2 Å². The second-order valence-corrected chi connectivity index (χ2v) is 6.80. The Labute approximate surface area is 113 Å². The standard InChI is InChI=1S/C14H22N2OS/c1-13(2,16-7-5-15-6-8-16)14(10-17-11-14)12-4-3-9-18-12/h3-4,9,15H,5-8,10-11H2,1-2H3. The highest BCUT2D eigenvalue weighted by atomic mass is 32.1. The molecular formula is C14H22N2OS. The molecule has 2 fully saturated rings. The number of hydrogen-bond acceptors (Lipinski definition) is 4. The Morgan fingerprint density at radius 1 is 1.33 bits per heavy atom. The van der Waals surface area contributed by atoms with Gasteiger partial charge in [0.1, 0.15) is 0 Å². The molecule has 0 atom stereocenters. The average Bonchev–Trinajstić information content (AvgIpc) is 2.82. The largest absolute Gasteiger partial charge is 0.379 e. The van der Waals surface area contributed by atoms with Gasteiger partial charge < -0.3 is 10.1 Å². The second-order valence-electron chi connectivity index (χ2n) is 5.85. The van der Waals surface area contributed by atoms with Crippen molar-refractivity contribution in [1.29, 1.82) is 0 Å². The van der Waals surface area contributed by atoms with Crippen LogP contribution < -0.4 is 5.32 Å². The van der Waals surface area contributed by atoms with Gasteiger partial charge in [-0.25, -0.2) is 0 Å². The first kappa shape index (κ1) is 12.6. The van der Waals surface area contributed by atoms with Gasteiger partial charge >= 0.3 is 0 Å². The summed E-state index contributed by atoms with van der Waals surface area (Å²) in [5.41, 5.74) is 0.358. The van der Waals surface area contributed by atoms with Gasteiger partial charge in [0, 0.05) is 36.6 Å². The molecule has 0 amide bonds. The Hall–Kier alpha value is -0.420. The summed E-state index contributed by atoms with van der Waals surface area (Å²) in [6, 6.07) is 4.44. The van der Waals surface area contributed by atoms with E-state index in [4.69, 9.17) is 4.74 Å². The molecule has 0 bridgehead atoms. The first-order valence-corrected chi connectivity index (χ1v) is 7.62. The molecule has 2 aliphatic rings. The van der Waals surface area contributed by atoms with Crippen LogP contribution in [0.15, 0.2) is 17.5 Å². The van der Waals surface area contributed by atoms with Gasteiger partial charge in [0.2, 0.25) is 0 Å². The molecule has 1 aromatic rings. The fraction of sp³-hybridized carbons (Fsp3) is 0.714. The molecule has 0 unspecified atom stereocenters. The Morgan fingerprint density at radius 3 is 2.56 bits per heavy atom. The van der Waals surface area contributed by atoms with Crippen LogP contribution in [-0.2, 0) is 10.2 Å². The van der Waals surface area contributed by atoms with E-state index in [2.05, 4.69) is 41.6 Å². The topological polar surface area (TPSA) is 24.5 Å². The lowest BCUT2D eigenvalue weighted by Gasteiger charge is -2.57. The molecule has 0 spiro atoms. The van der Waals surface area contributed by atoms with E-state index in [0.717, 1.165) is 39.4 Å². The highest BCUT2D eigenvalue weighted by Gasteiger charge is 2.55. The average molecular weight is 266 g/mol. The van der Waals surface area contributed by atoms with Gasteiger partial charge in [-0.2, -0.15) is 0 Å². The number of rotatable bonds is 3. The van der Waals surface area contributed by atoms with Crippen LogP contribution in [0.3, 0.4) is 0 Å². The first-order chi connectivity index (χ1) is 8.67. The molecule has 3 heterocycles. The zero-order valence-corrected chi connectivity index (χ0v) is 12.1. The van der Waals surface area contributed by atoms with E-state index in [1.165, 1.54) is 4.88 Å². The summed E-state index contributed by atoms with van der Waals surface area (Å²) < 4.78 is 5.60. The van der Waals surface area contributed by atoms with E-state index in [9.17, 15) is 0 Å². The Bertz CT molecular complexity index is 392. The minimum Gasteiger partial charge on any atom is -0.379 e. The van der Waals surface area contributed by atoms with E-state index >= 15 is 0 Å². The molecule has 0 aromatic carbocycles. The zero-order chi connectivity index (χ0) is 12.6. The van der Waals surface area contributed by atoms with Crippen LogP contribution in [0.2, 0.25) is 0 Å².